The van der Waals surface area contributed by atoms with Crippen molar-refractivity contribution in [2.24, 2.45) is 0 Å². The lowest BCUT2D eigenvalue weighted by molar-refractivity contribution is -0.140. The van der Waals surface area contributed by atoms with E-state index in [0.29, 0.717) is 18.5 Å². The summed E-state index contributed by atoms with van der Waals surface area (Å²) < 4.78 is 0.766. The summed E-state index contributed by atoms with van der Waals surface area (Å²) in [6.45, 7) is 0. The minimum absolute atomic E-state index is 0.549. The number of halogens is 1. The first-order valence-electron chi connectivity index (χ1n) is 4.36. The van der Waals surface area contributed by atoms with Crippen LogP contribution in [0.15, 0.2) is 22.7 Å². The van der Waals surface area contributed by atoms with E-state index in [4.69, 9.17) is 10.8 Å². The van der Waals surface area contributed by atoms with Crippen molar-refractivity contribution in [1.82, 2.24) is 0 Å². The minimum atomic E-state index is -0.776. The van der Waals surface area contributed by atoms with E-state index in [1.807, 2.05) is 12.1 Å². The lowest BCUT2D eigenvalue weighted by Gasteiger charge is -2.13. The van der Waals surface area contributed by atoms with E-state index in [0.717, 1.165) is 10.0 Å². The van der Waals surface area contributed by atoms with Crippen LogP contribution in [0.25, 0.3) is 0 Å². The molecule has 1 aromatic rings. The number of hydrogen-bond donors (Lipinski definition) is 2. The second kappa shape index (κ2) is 2.98. The highest BCUT2D eigenvalue weighted by molar-refractivity contribution is 9.10. The largest absolute Gasteiger partial charge is 0.481 e. The number of nitrogens with two attached hydrogens (primary N) is 1. The summed E-state index contributed by atoms with van der Waals surface area (Å²) in [4.78, 5) is 11.1. The summed E-state index contributed by atoms with van der Waals surface area (Å²) in [6.07, 6.45) is 1.37. The number of carboxylic acids is 1. The third-order valence-corrected chi connectivity index (χ3v) is 3.42. The maximum atomic E-state index is 11.1. The highest BCUT2D eigenvalue weighted by Gasteiger charge is 2.52. The summed E-state index contributed by atoms with van der Waals surface area (Å²) in [7, 11) is 0. The van der Waals surface area contributed by atoms with E-state index >= 15 is 0 Å². The maximum absolute atomic E-state index is 11.1. The van der Waals surface area contributed by atoms with Gasteiger partial charge in [-0.15, -0.1) is 0 Å². The van der Waals surface area contributed by atoms with E-state index in [-0.39, 0.29) is 0 Å². The van der Waals surface area contributed by atoms with Crippen LogP contribution in [0.2, 0.25) is 0 Å². The Morgan fingerprint density at radius 2 is 2.14 bits per heavy atom. The van der Waals surface area contributed by atoms with Gasteiger partial charge in [-0.3, -0.25) is 4.79 Å². The molecule has 0 aromatic heterocycles. The zero-order valence-corrected chi connectivity index (χ0v) is 9.04. The molecule has 1 aliphatic carbocycles. The van der Waals surface area contributed by atoms with Gasteiger partial charge in [0.05, 0.1) is 11.1 Å². The van der Waals surface area contributed by atoms with Gasteiger partial charge in [-0.05, 0) is 40.4 Å². The third kappa shape index (κ3) is 1.21. The number of benzene rings is 1. The van der Waals surface area contributed by atoms with Crippen molar-refractivity contribution >= 4 is 27.6 Å². The van der Waals surface area contributed by atoms with Gasteiger partial charge in [0.1, 0.15) is 0 Å². The molecule has 0 unspecified atom stereocenters. The molecule has 0 amide bonds. The predicted molar refractivity (Wildman–Crippen MR) is 57.1 cm³/mol. The normalized spacial score (nSPS) is 17.8. The molecule has 0 saturated heterocycles. The number of carbonyl (C=O) groups is 1. The standard InChI is InChI=1S/C10H10BrNO2/c11-7-3-1-2-6(8(7)12)10(4-5-10)9(13)14/h1-3H,4-5,12H2,(H,13,14). The van der Waals surface area contributed by atoms with Crippen molar-refractivity contribution in [2.75, 3.05) is 5.73 Å². The number of carboxylic acid groups (broad SMARTS) is 1. The molecule has 1 saturated carbocycles. The number of nitrogen functional groups attached to an aromatic ring is 1. The van der Waals surface area contributed by atoms with Gasteiger partial charge in [-0.1, -0.05) is 12.1 Å². The number of anilines is 1. The van der Waals surface area contributed by atoms with Crippen molar-refractivity contribution in [2.45, 2.75) is 18.3 Å². The van der Waals surface area contributed by atoms with Gasteiger partial charge >= 0.3 is 5.97 Å². The van der Waals surface area contributed by atoms with Crippen LogP contribution in [-0.4, -0.2) is 11.1 Å². The quantitative estimate of drug-likeness (QED) is 0.797. The summed E-state index contributed by atoms with van der Waals surface area (Å²) in [5, 5.41) is 9.10. The van der Waals surface area contributed by atoms with Gasteiger partial charge in [0.15, 0.2) is 0 Å². The van der Waals surface area contributed by atoms with Gasteiger partial charge in [0.25, 0.3) is 0 Å². The number of aliphatic carboxylic acids is 1. The molecule has 3 nitrogen and oxygen atoms in total. The molecule has 2 rings (SSSR count). The molecule has 0 atom stereocenters. The molecule has 0 aliphatic heterocycles. The molecular formula is C10H10BrNO2. The molecule has 0 heterocycles. The van der Waals surface area contributed by atoms with Crippen molar-refractivity contribution in [3.05, 3.63) is 28.2 Å². The Labute approximate surface area is 90.0 Å². The molecule has 0 spiro atoms. The summed E-state index contributed by atoms with van der Waals surface area (Å²) in [5.74, 6) is -0.776. The van der Waals surface area contributed by atoms with Crippen LogP contribution >= 0.6 is 15.9 Å². The molecule has 1 fully saturated rings. The van der Waals surface area contributed by atoms with Gasteiger partial charge in [-0.25, -0.2) is 0 Å². The first kappa shape index (κ1) is 9.52. The van der Waals surface area contributed by atoms with Crippen LogP contribution in [-0.2, 0) is 10.2 Å². The van der Waals surface area contributed by atoms with E-state index in [1.165, 1.54) is 0 Å². The van der Waals surface area contributed by atoms with E-state index in [9.17, 15) is 4.79 Å². The van der Waals surface area contributed by atoms with Gasteiger partial charge in [0, 0.05) is 4.47 Å². The van der Waals surface area contributed by atoms with Crippen LogP contribution in [0.5, 0.6) is 0 Å². The van der Waals surface area contributed by atoms with Gasteiger partial charge < -0.3 is 10.8 Å². The van der Waals surface area contributed by atoms with Crippen molar-refractivity contribution in [3.63, 3.8) is 0 Å². The number of para-hydroxylation sites is 1. The molecule has 1 aliphatic rings. The summed E-state index contributed by atoms with van der Waals surface area (Å²) in [5.41, 5.74) is 6.41. The molecule has 0 radical (unpaired) electrons. The smallest absolute Gasteiger partial charge is 0.314 e. The lowest BCUT2D eigenvalue weighted by atomic mass is 9.95. The van der Waals surface area contributed by atoms with Crippen LogP contribution < -0.4 is 5.73 Å². The van der Waals surface area contributed by atoms with Crippen LogP contribution in [0.3, 0.4) is 0 Å². The maximum Gasteiger partial charge on any atom is 0.314 e. The van der Waals surface area contributed by atoms with E-state index in [2.05, 4.69) is 15.9 Å². The van der Waals surface area contributed by atoms with Gasteiger partial charge in [0.2, 0.25) is 0 Å². The highest BCUT2D eigenvalue weighted by Crippen LogP contribution is 2.51. The minimum Gasteiger partial charge on any atom is -0.481 e. The second-order valence-electron chi connectivity index (χ2n) is 3.59. The zero-order valence-electron chi connectivity index (χ0n) is 7.46. The summed E-state index contributed by atoms with van der Waals surface area (Å²) >= 11 is 3.30. The highest BCUT2D eigenvalue weighted by atomic mass is 79.9. The molecule has 3 N–H and O–H groups in total. The average Bonchev–Trinajstić information content (AvgIpc) is 2.90. The Kier molecular flexibility index (Phi) is 2.03. The fraction of sp³-hybridized carbons (Fsp3) is 0.300. The molecular weight excluding hydrogens is 246 g/mol. The molecule has 1 aromatic carbocycles. The number of hydrogen-bond acceptors (Lipinski definition) is 2. The van der Waals surface area contributed by atoms with E-state index < -0.39 is 11.4 Å². The lowest BCUT2D eigenvalue weighted by Crippen LogP contribution is -2.21. The Morgan fingerprint density at radius 3 is 2.64 bits per heavy atom. The first-order chi connectivity index (χ1) is 6.58. The molecule has 14 heavy (non-hydrogen) atoms. The topological polar surface area (TPSA) is 63.3 Å². The fourth-order valence-corrected chi connectivity index (χ4v) is 2.04. The number of rotatable bonds is 2. The Balaban J connectivity index is 2.52. The average molecular weight is 256 g/mol. The second-order valence-corrected chi connectivity index (χ2v) is 4.44. The zero-order chi connectivity index (χ0) is 10.3. The Morgan fingerprint density at radius 1 is 1.50 bits per heavy atom. The molecule has 74 valence electrons. The first-order valence-corrected chi connectivity index (χ1v) is 5.15. The SMILES string of the molecule is Nc1c(Br)cccc1C1(C(=O)O)CC1. The molecule has 4 heteroatoms. The Bertz CT molecular complexity index is 399. The van der Waals surface area contributed by atoms with Gasteiger partial charge in [-0.2, -0.15) is 0 Å². The predicted octanol–water partition coefficient (Wildman–Crippen LogP) is 2.15. The monoisotopic (exact) mass is 255 g/mol. The molecule has 0 bridgehead atoms. The van der Waals surface area contributed by atoms with E-state index in [1.54, 1.807) is 6.07 Å². The van der Waals surface area contributed by atoms with Crippen LogP contribution in [0, 0.1) is 0 Å². The third-order valence-electron chi connectivity index (χ3n) is 2.73. The van der Waals surface area contributed by atoms with Crippen molar-refractivity contribution < 1.29 is 9.90 Å². The fourth-order valence-electron chi connectivity index (χ4n) is 1.68. The Hall–Kier alpha value is -1.03. The van der Waals surface area contributed by atoms with Crippen LogP contribution in [0.4, 0.5) is 5.69 Å². The van der Waals surface area contributed by atoms with Crippen molar-refractivity contribution in [1.29, 1.82) is 0 Å². The van der Waals surface area contributed by atoms with Crippen LogP contribution in [0.1, 0.15) is 18.4 Å². The summed E-state index contributed by atoms with van der Waals surface area (Å²) in [6, 6.07) is 5.43. The van der Waals surface area contributed by atoms with Crippen molar-refractivity contribution in [3.8, 4) is 0 Å².